The van der Waals surface area contributed by atoms with Gasteiger partial charge >= 0.3 is 0 Å². The van der Waals surface area contributed by atoms with Crippen molar-refractivity contribution in [3.8, 4) is 0 Å². The van der Waals surface area contributed by atoms with Crippen molar-refractivity contribution in [1.82, 2.24) is 9.80 Å². The maximum absolute atomic E-state index is 12.4. The van der Waals surface area contributed by atoms with Crippen molar-refractivity contribution < 1.29 is 4.79 Å². The van der Waals surface area contributed by atoms with Crippen LogP contribution >= 0.6 is 0 Å². The molecule has 0 spiro atoms. The van der Waals surface area contributed by atoms with Crippen molar-refractivity contribution in [1.29, 1.82) is 0 Å². The fourth-order valence-corrected chi connectivity index (χ4v) is 2.17. The Morgan fingerprint density at radius 2 is 1.90 bits per heavy atom. The summed E-state index contributed by atoms with van der Waals surface area (Å²) in [6, 6.07) is 7.82. The number of hydrogen-bond donors (Lipinski definition) is 1. The summed E-state index contributed by atoms with van der Waals surface area (Å²) in [7, 11) is 5.87. The highest BCUT2D eigenvalue weighted by atomic mass is 16.2. The number of nitrogens with two attached hydrogens (primary N) is 1. The third-order valence-corrected chi connectivity index (χ3v) is 3.24. The first kappa shape index (κ1) is 16.7. The van der Waals surface area contributed by atoms with Crippen LogP contribution in [-0.4, -0.2) is 49.9 Å². The van der Waals surface area contributed by atoms with Gasteiger partial charge in [-0.2, -0.15) is 0 Å². The number of hydrogen-bond acceptors (Lipinski definition) is 3. The fourth-order valence-electron chi connectivity index (χ4n) is 2.17. The molecular formula is C16H27N3O. The first-order valence-corrected chi connectivity index (χ1v) is 6.94. The van der Waals surface area contributed by atoms with Crippen molar-refractivity contribution in [2.75, 3.05) is 34.2 Å². The van der Waals surface area contributed by atoms with E-state index in [4.69, 9.17) is 5.73 Å². The second-order valence-corrected chi connectivity index (χ2v) is 6.47. The molecule has 1 aromatic rings. The number of carbonyl (C=O) groups excluding carboxylic acids is 1. The van der Waals surface area contributed by atoms with E-state index < -0.39 is 0 Å². The molecule has 4 nitrogen and oxygen atoms in total. The summed E-state index contributed by atoms with van der Waals surface area (Å²) >= 11 is 0. The molecule has 0 aliphatic heterocycles. The van der Waals surface area contributed by atoms with Crippen molar-refractivity contribution >= 4 is 5.91 Å². The molecule has 0 aliphatic rings. The van der Waals surface area contributed by atoms with Gasteiger partial charge in [-0.25, -0.2) is 0 Å². The Morgan fingerprint density at radius 3 is 2.45 bits per heavy atom. The summed E-state index contributed by atoms with van der Waals surface area (Å²) in [4.78, 5) is 16.3. The van der Waals surface area contributed by atoms with Crippen LogP contribution < -0.4 is 5.73 Å². The maximum Gasteiger partial charge on any atom is 0.253 e. The standard InChI is InChI=1S/C16H27N3O/c1-16(2,11-17)12-19(5)15(20)14-8-6-7-13(9-14)10-18(3)4/h6-9H,10-12,17H2,1-5H3. The van der Waals surface area contributed by atoms with Crippen molar-refractivity contribution in [2.45, 2.75) is 20.4 Å². The molecule has 0 heterocycles. The maximum atomic E-state index is 12.4. The number of carbonyl (C=O) groups is 1. The van der Waals surface area contributed by atoms with E-state index >= 15 is 0 Å². The van der Waals surface area contributed by atoms with E-state index in [9.17, 15) is 4.79 Å². The van der Waals surface area contributed by atoms with Crippen LogP contribution in [0, 0.1) is 5.41 Å². The van der Waals surface area contributed by atoms with E-state index in [1.54, 1.807) is 4.90 Å². The Hall–Kier alpha value is -1.39. The molecule has 0 radical (unpaired) electrons. The second-order valence-electron chi connectivity index (χ2n) is 6.47. The summed E-state index contributed by atoms with van der Waals surface area (Å²) in [6.45, 7) is 6.18. The van der Waals surface area contributed by atoms with Crippen LogP contribution in [0.4, 0.5) is 0 Å². The lowest BCUT2D eigenvalue weighted by Crippen LogP contribution is -2.39. The molecule has 0 atom stereocenters. The monoisotopic (exact) mass is 277 g/mol. The zero-order valence-electron chi connectivity index (χ0n) is 13.3. The number of amides is 1. The highest BCUT2D eigenvalue weighted by molar-refractivity contribution is 5.94. The lowest BCUT2D eigenvalue weighted by atomic mass is 9.93. The minimum atomic E-state index is -0.0638. The van der Waals surface area contributed by atoms with Gasteiger partial charge in [0.15, 0.2) is 0 Å². The van der Waals surface area contributed by atoms with Gasteiger partial charge in [0.1, 0.15) is 0 Å². The smallest absolute Gasteiger partial charge is 0.253 e. The van der Waals surface area contributed by atoms with E-state index in [-0.39, 0.29) is 11.3 Å². The van der Waals surface area contributed by atoms with Crippen molar-refractivity contribution in [2.24, 2.45) is 11.1 Å². The molecule has 1 rings (SSSR count). The zero-order chi connectivity index (χ0) is 15.3. The van der Waals surface area contributed by atoms with Gasteiger partial charge in [-0.15, -0.1) is 0 Å². The molecule has 4 heteroatoms. The van der Waals surface area contributed by atoms with Crippen molar-refractivity contribution in [3.05, 3.63) is 35.4 Å². The van der Waals surface area contributed by atoms with Crippen LogP contribution in [0.1, 0.15) is 29.8 Å². The third-order valence-electron chi connectivity index (χ3n) is 3.24. The van der Waals surface area contributed by atoms with Gasteiger partial charge in [0, 0.05) is 25.7 Å². The molecule has 2 N–H and O–H groups in total. The number of nitrogens with zero attached hydrogens (tertiary/aromatic N) is 2. The van der Waals surface area contributed by atoms with Gasteiger partial charge in [-0.3, -0.25) is 4.79 Å². The molecule has 1 aromatic carbocycles. The fraction of sp³-hybridized carbons (Fsp3) is 0.562. The van der Waals surface area contributed by atoms with Crippen LogP contribution in [-0.2, 0) is 6.54 Å². The van der Waals surface area contributed by atoms with Crippen LogP contribution in [0.2, 0.25) is 0 Å². The Kier molecular flexibility index (Phi) is 5.72. The Balaban J connectivity index is 2.81. The molecule has 0 aliphatic carbocycles. The van der Waals surface area contributed by atoms with Crippen LogP contribution in [0.15, 0.2) is 24.3 Å². The predicted molar refractivity (Wildman–Crippen MR) is 83.6 cm³/mol. The zero-order valence-corrected chi connectivity index (χ0v) is 13.3. The molecule has 0 aromatic heterocycles. The predicted octanol–water partition coefficient (Wildman–Crippen LogP) is 1.81. The summed E-state index contributed by atoms with van der Waals surface area (Å²) in [6.07, 6.45) is 0. The molecule has 0 bridgehead atoms. The Bertz CT molecular complexity index is 455. The van der Waals surface area contributed by atoms with E-state index in [0.717, 1.165) is 17.7 Å². The van der Waals surface area contributed by atoms with Crippen molar-refractivity contribution in [3.63, 3.8) is 0 Å². The largest absolute Gasteiger partial charge is 0.341 e. The normalized spacial score (nSPS) is 11.8. The Labute approximate surface area is 122 Å². The molecular weight excluding hydrogens is 250 g/mol. The van der Waals surface area contributed by atoms with Crippen LogP contribution in [0.25, 0.3) is 0 Å². The summed E-state index contributed by atoms with van der Waals surface area (Å²) in [5, 5.41) is 0. The highest BCUT2D eigenvalue weighted by Crippen LogP contribution is 2.16. The SMILES string of the molecule is CN(C)Cc1cccc(C(=O)N(C)CC(C)(C)CN)c1. The first-order chi connectivity index (χ1) is 9.25. The third kappa shape index (κ3) is 4.94. The van der Waals surface area contributed by atoms with E-state index in [1.807, 2.05) is 45.4 Å². The summed E-state index contributed by atoms with van der Waals surface area (Å²) in [5.41, 5.74) is 7.55. The van der Waals surface area contributed by atoms with Gasteiger partial charge < -0.3 is 15.5 Å². The minimum Gasteiger partial charge on any atom is -0.341 e. The topological polar surface area (TPSA) is 49.6 Å². The molecule has 1 amide bonds. The van der Waals surface area contributed by atoms with Crippen LogP contribution in [0.3, 0.4) is 0 Å². The summed E-state index contributed by atoms with van der Waals surface area (Å²) < 4.78 is 0. The molecule has 0 saturated heterocycles. The quantitative estimate of drug-likeness (QED) is 0.862. The second kappa shape index (κ2) is 6.86. The highest BCUT2D eigenvalue weighted by Gasteiger charge is 2.22. The van der Waals surface area contributed by atoms with Crippen LogP contribution in [0.5, 0.6) is 0 Å². The molecule has 0 saturated carbocycles. The lowest BCUT2D eigenvalue weighted by Gasteiger charge is -2.29. The van der Waals surface area contributed by atoms with Gasteiger partial charge in [-0.05, 0) is 43.8 Å². The van der Waals surface area contributed by atoms with Gasteiger partial charge in [0.05, 0.1) is 0 Å². The lowest BCUT2D eigenvalue weighted by molar-refractivity contribution is 0.0740. The Morgan fingerprint density at radius 1 is 1.25 bits per heavy atom. The van der Waals surface area contributed by atoms with E-state index in [2.05, 4.69) is 18.7 Å². The minimum absolute atomic E-state index is 0.0483. The first-order valence-electron chi connectivity index (χ1n) is 6.94. The molecule has 20 heavy (non-hydrogen) atoms. The number of rotatable bonds is 6. The molecule has 0 unspecified atom stereocenters. The number of benzene rings is 1. The molecule has 112 valence electrons. The van der Waals surface area contributed by atoms with E-state index in [0.29, 0.717) is 13.1 Å². The summed E-state index contributed by atoms with van der Waals surface area (Å²) in [5.74, 6) is 0.0483. The van der Waals surface area contributed by atoms with Gasteiger partial charge in [0.2, 0.25) is 0 Å². The van der Waals surface area contributed by atoms with E-state index in [1.165, 1.54) is 0 Å². The van der Waals surface area contributed by atoms with Gasteiger partial charge in [-0.1, -0.05) is 26.0 Å². The van der Waals surface area contributed by atoms with Gasteiger partial charge in [0.25, 0.3) is 5.91 Å². The molecule has 0 fully saturated rings. The average molecular weight is 277 g/mol. The average Bonchev–Trinajstić information content (AvgIpc) is 2.37.